The highest BCUT2D eigenvalue weighted by Crippen LogP contribution is 2.19. The predicted molar refractivity (Wildman–Crippen MR) is 75.2 cm³/mol. The van der Waals surface area contributed by atoms with Crippen LogP contribution in [-0.2, 0) is 6.42 Å². The van der Waals surface area contributed by atoms with E-state index in [-0.39, 0.29) is 0 Å². The maximum Gasteiger partial charge on any atom is 0.122 e. The smallest absolute Gasteiger partial charge is 0.122 e. The third-order valence-corrected chi connectivity index (χ3v) is 3.86. The highest BCUT2D eigenvalue weighted by molar-refractivity contribution is 5.33. The Labute approximate surface area is 110 Å². The van der Waals surface area contributed by atoms with Crippen LogP contribution in [0.15, 0.2) is 24.3 Å². The van der Waals surface area contributed by atoms with Crippen LogP contribution in [-0.4, -0.2) is 44.7 Å². The second kappa shape index (κ2) is 6.76. The molecule has 1 aliphatic heterocycles. The molecule has 0 saturated carbocycles. The molecule has 0 amide bonds. The number of likely N-dealkylation sites (N-methyl/N-ethyl adjacent to an activating group) is 1. The molecular weight excluding hydrogens is 224 g/mol. The van der Waals surface area contributed by atoms with Gasteiger partial charge in [0.15, 0.2) is 0 Å². The molecule has 2 rings (SSSR count). The number of para-hydroxylation sites is 1. The minimum Gasteiger partial charge on any atom is -0.496 e. The van der Waals surface area contributed by atoms with Gasteiger partial charge >= 0.3 is 0 Å². The molecule has 0 aliphatic carbocycles. The van der Waals surface area contributed by atoms with Gasteiger partial charge in [-0.25, -0.2) is 0 Å². The fourth-order valence-corrected chi connectivity index (χ4v) is 2.64. The van der Waals surface area contributed by atoms with Crippen molar-refractivity contribution in [3.05, 3.63) is 29.8 Å². The summed E-state index contributed by atoms with van der Waals surface area (Å²) in [5.74, 6) is 1.01. The molecule has 0 radical (unpaired) electrons. The molecule has 0 bridgehead atoms. The first-order valence-corrected chi connectivity index (χ1v) is 6.84. The van der Waals surface area contributed by atoms with Crippen LogP contribution < -0.4 is 10.1 Å². The molecule has 1 heterocycles. The molecule has 1 N–H and O–H groups in total. The summed E-state index contributed by atoms with van der Waals surface area (Å²) in [7, 11) is 3.99. The Morgan fingerprint density at radius 2 is 2.00 bits per heavy atom. The lowest BCUT2D eigenvalue weighted by atomic mass is 10.0. The summed E-state index contributed by atoms with van der Waals surface area (Å²) in [6.07, 6.45) is 3.59. The molecule has 0 spiro atoms. The van der Waals surface area contributed by atoms with Crippen molar-refractivity contribution in [2.45, 2.75) is 25.3 Å². The lowest BCUT2D eigenvalue weighted by Crippen LogP contribution is -2.41. The van der Waals surface area contributed by atoms with Crippen LogP contribution in [0, 0.1) is 0 Å². The van der Waals surface area contributed by atoms with Crippen molar-refractivity contribution in [2.24, 2.45) is 0 Å². The normalized spacial score (nSPS) is 17.1. The lowest BCUT2D eigenvalue weighted by Gasteiger charge is -2.31. The standard InChI is InChI=1S/C15H24N2O/c1-17(14-7-10-16-11-8-14)12-9-13-5-3-4-6-15(13)18-2/h3-6,14,16H,7-12H2,1-2H3. The van der Waals surface area contributed by atoms with Crippen molar-refractivity contribution in [3.63, 3.8) is 0 Å². The number of methoxy groups -OCH3 is 1. The van der Waals surface area contributed by atoms with Crippen LogP contribution in [0.25, 0.3) is 0 Å². The number of benzene rings is 1. The largest absolute Gasteiger partial charge is 0.496 e. The molecule has 0 atom stereocenters. The van der Waals surface area contributed by atoms with E-state index in [0.29, 0.717) is 0 Å². The monoisotopic (exact) mass is 248 g/mol. The molecule has 18 heavy (non-hydrogen) atoms. The topological polar surface area (TPSA) is 24.5 Å². The first-order valence-electron chi connectivity index (χ1n) is 6.84. The molecular formula is C15H24N2O. The second-order valence-corrected chi connectivity index (χ2v) is 5.02. The van der Waals surface area contributed by atoms with Crippen LogP contribution in [0.5, 0.6) is 5.75 Å². The zero-order chi connectivity index (χ0) is 12.8. The first kappa shape index (κ1) is 13.4. The molecule has 100 valence electrons. The van der Waals surface area contributed by atoms with Gasteiger partial charge in [0.25, 0.3) is 0 Å². The SMILES string of the molecule is COc1ccccc1CCN(C)C1CCNCC1. The average Bonchev–Trinajstić information content (AvgIpc) is 2.46. The van der Waals surface area contributed by atoms with E-state index in [1.165, 1.54) is 18.4 Å². The molecule has 3 heteroatoms. The first-order chi connectivity index (χ1) is 8.81. The van der Waals surface area contributed by atoms with E-state index in [2.05, 4.69) is 29.4 Å². The van der Waals surface area contributed by atoms with Crippen LogP contribution in [0.1, 0.15) is 18.4 Å². The summed E-state index contributed by atoms with van der Waals surface area (Å²) in [5, 5.41) is 3.41. The third-order valence-electron chi connectivity index (χ3n) is 3.86. The van der Waals surface area contributed by atoms with E-state index in [4.69, 9.17) is 4.74 Å². The molecule has 1 aliphatic rings. The number of hydrogen-bond donors (Lipinski definition) is 1. The minimum absolute atomic E-state index is 0.737. The van der Waals surface area contributed by atoms with E-state index in [1.54, 1.807) is 7.11 Å². The maximum atomic E-state index is 5.39. The highest BCUT2D eigenvalue weighted by atomic mass is 16.5. The van der Waals surface area contributed by atoms with Gasteiger partial charge in [-0.05, 0) is 51.0 Å². The molecule has 1 aromatic rings. The van der Waals surface area contributed by atoms with Gasteiger partial charge in [0.2, 0.25) is 0 Å². The number of hydrogen-bond acceptors (Lipinski definition) is 3. The zero-order valence-corrected chi connectivity index (χ0v) is 11.5. The fourth-order valence-electron chi connectivity index (χ4n) is 2.64. The predicted octanol–water partition coefficient (Wildman–Crippen LogP) is 1.92. The number of nitrogens with one attached hydrogen (secondary N) is 1. The Bertz CT molecular complexity index is 361. The summed E-state index contributed by atoms with van der Waals surface area (Å²) in [6.45, 7) is 3.42. The van der Waals surface area contributed by atoms with Crippen molar-refractivity contribution in [3.8, 4) is 5.75 Å². The van der Waals surface area contributed by atoms with Crippen LogP contribution in [0.3, 0.4) is 0 Å². The number of piperidine rings is 1. The summed E-state index contributed by atoms with van der Waals surface area (Å²) < 4.78 is 5.39. The summed E-state index contributed by atoms with van der Waals surface area (Å²) >= 11 is 0. The molecule has 0 unspecified atom stereocenters. The van der Waals surface area contributed by atoms with Crippen molar-refractivity contribution in [1.82, 2.24) is 10.2 Å². The van der Waals surface area contributed by atoms with Gasteiger partial charge < -0.3 is 15.0 Å². The number of rotatable bonds is 5. The molecule has 1 aromatic carbocycles. The Hall–Kier alpha value is -1.06. The Kier molecular flexibility index (Phi) is 5.02. The molecule has 0 aromatic heterocycles. The summed E-state index contributed by atoms with van der Waals surface area (Å²) in [5.41, 5.74) is 1.31. The van der Waals surface area contributed by atoms with Crippen molar-refractivity contribution < 1.29 is 4.74 Å². The zero-order valence-electron chi connectivity index (χ0n) is 11.5. The third kappa shape index (κ3) is 3.47. The second-order valence-electron chi connectivity index (χ2n) is 5.02. The lowest BCUT2D eigenvalue weighted by molar-refractivity contribution is 0.200. The Morgan fingerprint density at radius 3 is 2.72 bits per heavy atom. The van der Waals surface area contributed by atoms with Gasteiger partial charge in [-0.15, -0.1) is 0 Å². The summed E-state index contributed by atoms with van der Waals surface area (Å²) in [4.78, 5) is 2.49. The van der Waals surface area contributed by atoms with Crippen LogP contribution >= 0.6 is 0 Å². The van der Waals surface area contributed by atoms with Gasteiger partial charge in [-0.1, -0.05) is 18.2 Å². The van der Waals surface area contributed by atoms with E-state index in [0.717, 1.165) is 37.8 Å². The number of nitrogens with zero attached hydrogens (tertiary/aromatic N) is 1. The molecule has 1 saturated heterocycles. The quantitative estimate of drug-likeness (QED) is 0.861. The van der Waals surface area contributed by atoms with Crippen molar-refractivity contribution >= 4 is 0 Å². The number of ether oxygens (including phenoxy) is 1. The molecule has 1 fully saturated rings. The van der Waals surface area contributed by atoms with Crippen LogP contribution in [0.2, 0.25) is 0 Å². The van der Waals surface area contributed by atoms with Gasteiger partial charge in [0.1, 0.15) is 5.75 Å². The van der Waals surface area contributed by atoms with Crippen molar-refractivity contribution in [2.75, 3.05) is 33.8 Å². The Morgan fingerprint density at radius 1 is 1.28 bits per heavy atom. The van der Waals surface area contributed by atoms with E-state index >= 15 is 0 Å². The Balaban J connectivity index is 1.86. The fraction of sp³-hybridized carbons (Fsp3) is 0.600. The molecule has 3 nitrogen and oxygen atoms in total. The maximum absolute atomic E-state index is 5.39. The highest BCUT2D eigenvalue weighted by Gasteiger charge is 2.17. The average molecular weight is 248 g/mol. The van der Waals surface area contributed by atoms with Gasteiger partial charge in [-0.2, -0.15) is 0 Å². The van der Waals surface area contributed by atoms with Crippen LogP contribution in [0.4, 0.5) is 0 Å². The van der Waals surface area contributed by atoms with Gasteiger partial charge in [0, 0.05) is 12.6 Å². The van der Waals surface area contributed by atoms with Gasteiger partial charge in [-0.3, -0.25) is 0 Å². The minimum atomic E-state index is 0.737. The van der Waals surface area contributed by atoms with Crippen molar-refractivity contribution in [1.29, 1.82) is 0 Å². The van der Waals surface area contributed by atoms with E-state index in [9.17, 15) is 0 Å². The van der Waals surface area contributed by atoms with Gasteiger partial charge in [0.05, 0.1) is 7.11 Å². The van der Waals surface area contributed by atoms with E-state index < -0.39 is 0 Å². The summed E-state index contributed by atoms with van der Waals surface area (Å²) in [6, 6.07) is 9.05. The van der Waals surface area contributed by atoms with E-state index in [1.807, 2.05) is 12.1 Å².